The van der Waals surface area contributed by atoms with Gasteiger partial charge >= 0.3 is 11.9 Å². The van der Waals surface area contributed by atoms with Crippen molar-refractivity contribution in [3.8, 4) is 0 Å². The predicted octanol–water partition coefficient (Wildman–Crippen LogP) is -6.04. The normalized spacial score (nSPS) is 15.6. The molecule has 2 aromatic heterocycles. The number of hydrogen-bond acceptors (Lipinski definition) is 24. The average Bonchev–Trinajstić information content (AvgIpc) is 1.74. The Morgan fingerprint density at radius 3 is 1.32 bits per heavy atom. The van der Waals surface area contributed by atoms with Crippen molar-refractivity contribution < 1.29 is 97.1 Å². The number of carbonyl (C=O) groups is 16. The Labute approximate surface area is 687 Å². The summed E-state index contributed by atoms with van der Waals surface area (Å²) in [6.45, 7) is 14.2. The molecule has 0 fully saturated rings. The lowest BCUT2D eigenvalue weighted by molar-refractivity contribution is -0.139. The molecule has 26 N–H and O–H groups in total. The number of amides is 14. The van der Waals surface area contributed by atoms with E-state index < -0.39 is 229 Å². The molecule has 0 saturated carbocycles. The molecule has 2 heterocycles. The Morgan fingerprint density at radius 2 is 0.838 bits per heavy atom. The number of carbonyl (C=O) groups excluding carboxylic acids is 14. The highest BCUT2D eigenvalue weighted by molar-refractivity contribution is 7.80. The number of benzene rings is 1. The molecule has 117 heavy (non-hydrogen) atoms. The maximum Gasteiger partial charge on any atom is 0.322 e. The first-order chi connectivity index (χ1) is 55.1. The minimum Gasteiger partial charge on any atom is -0.481 e. The number of guanidine groups is 1. The number of hydrogen-bond donors (Lipinski definition) is 25. The SMILES string of the molecule is CC[C@H](C)[C@H](NC(=O)[C@H](CS)NC(=O)CNC(=O)[C@@H](NC(=O)[C@@H](N)CC(C)C)[C@@H](C)CC)C(=O)N[C@@H](CCC(=O)O)C(=O)N[C@@H](CCCN=C(N)N)C(=O)N[C@H](C(=O)N[C@@H](Cc1cnc[nH]1)C(=O)N[C@H](C(=O)N[C@@H](Cc1ccccc1)C(=O)N[C@@H](CS)C(=O)N[C@@H](Cc1cnc[nH]1)C(=O)N[C@H](C(=O)NCC(=O)O)[C@@H](C)O)C(C)C)[C@@H](C)O. The zero-order valence-corrected chi connectivity index (χ0v) is 68.9. The van der Waals surface area contributed by atoms with E-state index in [1.54, 1.807) is 71.9 Å². The number of H-pyrrole nitrogens is 2. The summed E-state index contributed by atoms with van der Waals surface area (Å²) in [6, 6.07) is -11.6. The van der Waals surface area contributed by atoms with Gasteiger partial charge in [-0.05, 0) is 68.8 Å². The van der Waals surface area contributed by atoms with Crippen molar-refractivity contribution in [1.29, 1.82) is 0 Å². The smallest absolute Gasteiger partial charge is 0.322 e. The number of nitrogens with one attached hydrogen (secondary N) is 16. The number of aliphatic hydroxyl groups is 2. The zero-order valence-electron chi connectivity index (χ0n) is 67.1. The number of nitrogens with zero attached hydrogens (tertiary/aromatic N) is 3. The Hall–Kier alpha value is -11.0. The molecule has 3 aromatic rings. The topological polar surface area (TPSA) is 670 Å². The van der Waals surface area contributed by atoms with E-state index >= 15 is 0 Å². The summed E-state index contributed by atoms with van der Waals surface area (Å²) < 4.78 is 0. The maximum atomic E-state index is 14.7. The van der Waals surface area contributed by atoms with Gasteiger partial charge in [-0.1, -0.05) is 98.6 Å². The number of nitrogens with two attached hydrogens (primary N) is 3. The summed E-state index contributed by atoms with van der Waals surface area (Å²) in [5.41, 5.74) is 18.2. The molecule has 0 aliphatic heterocycles. The van der Waals surface area contributed by atoms with Crippen molar-refractivity contribution in [2.45, 2.75) is 224 Å². The van der Waals surface area contributed by atoms with Gasteiger partial charge in [-0.3, -0.25) is 81.7 Å². The number of thiol groups is 2. The van der Waals surface area contributed by atoms with Gasteiger partial charge in [-0.25, -0.2) is 9.97 Å². The molecule has 0 saturated heterocycles. The van der Waals surface area contributed by atoms with E-state index in [-0.39, 0.29) is 74.3 Å². The Kier molecular flexibility index (Phi) is 43.8. The van der Waals surface area contributed by atoms with E-state index in [2.05, 4.69) is 125 Å². The lowest BCUT2D eigenvalue weighted by atomic mass is 9.97. The molecule has 0 aliphatic rings. The second kappa shape index (κ2) is 51.2. The van der Waals surface area contributed by atoms with Gasteiger partial charge in [-0.15, -0.1) is 0 Å². The number of aromatic nitrogens is 4. The van der Waals surface area contributed by atoms with E-state index in [0.717, 1.165) is 13.8 Å². The Balaban J connectivity index is 1.94. The molecule has 0 aliphatic carbocycles. The Bertz CT molecular complexity index is 3820. The van der Waals surface area contributed by atoms with Crippen LogP contribution in [0.4, 0.5) is 0 Å². The van der Waals surface area contributed by atoms with Crippen molar-refractivity contribution in [3.63, 3.8) is 0 Å². The molecule has 42 nitrogen and oxygen atoms in total. The molecule has 0 radical (unpaired) electrons. The molecule has 0 bridgehead atoms. The average molecular weight is 1690 g/mol. The fourth-order valence-electron chi connectivity index (χ4n) is 11.4. The standard InChI is InChI=1S/C73H116N22O20S2/c1-11-37(7)56(92-60(103)44(74)23-35(3)4)68(111)80-29-52(98)84-50(31-116)67(110)93-57(38(8)12-2)71(114)86-46(20-21-53(99)100)61(104)85-45(19-16-22-79-73(75)76)62(105)95-59(40(10)97)72(115)89-49(26-43-28-78-34-83-43)64(107)91-55(36(5)6)70(113)88-47(24-41-17-14-13-15-18-41)63(106)90-51(32-117)66(109)87-48(25-42-27-77-33-82-42)65(108)94-58(39(9)96)69(112)81-30-54(101)102/h13-15,17-18,27-28,33-40,44-51,55-59,96-97,116-117H,11-12,16,19-26,29-32,74H2,1-10H3,(H,77,82)(H,78,83)(H,80,111)(H,81,112)(H,84,98)(H,85,104)(H,86,114)(H,87,109)(H,88,113)(H,89,115)(H,90,106)(H,91,107)(H,92,103)(H,93,110)(H,94,108)(H,95,105)(H,99,100)(H,101,102)(H4,75,76,79)/t37-,38-,39+,40+,44-,45-,46-,47-,48-,49-,50-,51-,55-,56-,57-,58-,59-/m0/s1. The van der Waals surface area contributed by atoms with E-state index in [0.29, 0.717) is 24.1 Å². The van der Waals surface area contributed by atoms with E-state index in [9.17, 15) is 92.0 Å². The third-order valence-electron chi connectivity index (χ3n) is 18.5. The molecular weight excluding hydrogens is 1570 g/mol. The summed E-state index contributed by atoms with van der Waals surface area (Å²) in [7, 11) is 0. The van der Waals surface area contributed by atoms with Gasteiger partial charge in [0.1, 0.15) is 79.0 Å². The van der Waals surface area contributed by atoms with Crippen LogP contribution in [0.15, 0.2) is 60.4 Å². The number of aromatic amines is 2. The zero-order chi connectivity index (χ0) is 87.9. The van der Waals surface area contributed by atoms with Crippen LogP contribution in [0.25, 0.3) is 0 Å². The highest BCUT2D eigenvalue weighted by Crippen LogP contribution is 2.16. The molecule has 650 valence electrons. The number of aliphatic hydroxyl groups excluding tert-OH is 2. The number of carboxylic acid groups (broad SMARTS) is 2. The number of rotatable bonds is 53. The summed E-state index contributed by atoms with van der Waals surface area (Å²) in [5.74, 6) is -19.4. The molecule has 17 atom stereocenters. The van der Waals surface area contributed by atoms with Crippen LogP contribution in [0.1, 0.15) is 131 Å². The number of imidazole rings is 2. The lowest BCUT2D eigenvalue weighted by Crippen LogP contribution is -2.63. The van der Waals surface area contributed by atoms with Crippen molar-refractivity contribution in [1.82, 2.24) is 94.4 Å². The largest absolute Gasteiger partial charge is 0.481 e. The van der Waals surface area contributed by atoms with Crippen LogP contribution in [-0.2, 0) is 96.0 Å². The molecule has 44 heteroatoms. The Morgan fingerprint density at radius 1 is 0.453 bits per heavy atom. The quantitative estimate of drug-likeness (QED) is 0.0108. The molecule has 0 unspecified atom stereocenters. The fraction of sp³-hybridized carbons (Fsp3) is 0.603. The van der Waals surface area contributed by atoms with E-state index in [1.165, 1.54) is 25.0 Å². The molecule has 1 aromatic carbocycles. The van der Waals surface area contributed by atoms with Gasteiger partial charge in [0.05, 0.1) is 37.4 Å². The first-order valence-corrected chi connectivity index (χ1v) is 39.4. The van der Waals surface area contributed by atoms with Gasteiger partial charge in [0, 0.05) is 67.5 Å². The van der Waals surface area contributed by atoms with E-state index in [4.69, 9.17) is 22.3 Å². The summed E-state index contributed by atoms with van der Waals surface area (Å²) >= 11 is 8.53. The first-order valence-electron chi connectivity index (χ1n) is 38.1. The number of aliphatic carboxylic acids is 2. The summed E-state index contributed by atoms with van der Waals surface area (Å²) in [4.78, 5) is 237. The van der Waals surface area contributed by atoms with Gasteiger partial charge in [0.15, 0.2) is 5.96 Å². The van der Waals surface area contributed by atoms with Crippen LogP contribution in [0, 0.1) is 23.7 Å². The minimum absolute atomic E-state index is 0.0632. The van der Waals surface area contributed by atoms with Crippen molar-refractivity contribution in [2.75, 3.05) is 31.1 Å². The summed E-state index contributed by atoms with van der Waals surface area (Å²) in [6.07, 6.45) is 0.223. The van der Waals surface area contributed by atoms with Crippen molar-refractivity contribution >= 4 is 126 Å². The number of aliphatic imine (C=N–C) groups is 1. The van der Waals surface area contributed by atoms with Gasteiger partial charge < -0.3 is 122 Å². The van der Waals surface area contributed by atoms with Gasteiger partial charge in [-0.2, -0.15) is 25.3 Å². The summed E-state index contributed by atoms with van der Waals surface area (Å²) in [5, 5.41) is 75.2. The van der Waals surface area contributed by atoms with Crippen molar-refractivity contribution in [3.05, 3.63) is 72.3 Å². The lowest BCUT2D eigenvalue weighted by Gasteiger charge is -2.30. The highest BCUT2D eigenvalue weighted by atomic mass is 32.1. The predicted molar refractivity (Wildman–Crippen MR) is 431 cm³/mol. The van der Waals surface area contributed by atoms with Gasteiger partial charge in [0.2, 0.25) is 82.7 Å². The molecule has 14 amide bonds. The molecule has 0 spiro atoms. The van der Waals surface area contributed by atoms with Crippen LogP contribution < -0.4 is 91.6 Å². The third kappa shape index (κ3) is 35.6. The number of carboxylic acids is 2. The molecular formula is C73H116N22O20S2. The maximum absolute atomic E-state index is 14.7. The van der Waals surface area contributed by atoms with Crippen molar-refractivity contribution in [2.24, 2.45) is 45.9 Å². The van der Waals surface area contributed by atoms with Crippen LogP contribution >= 0.6 is 25.3 Å². The molecule has 3 rings (SSSR count). The van der Waals surface area contributed by atoms with Crippen LogP contribution in [0.5, 0.6) is 0 Å². The van der Waals surface area contributed by atoms with Crippen LogP contribution in [0.3, 0.4) is 0 Å². The fourth-order valence-corrected chi connectivity index (χ4v) is 12.0. The van der Waals surface area contributed by atoms with Crippen LogP contribution in [-0.4, -0.2) is 263 Å². The third-order valence-corrected chi connectivity index (χ3v) is 19.2. The highest BCUT2D eigenvalue weighted by Gasteiger charge is 2.40. The second-order valence-electron chi connectivity index (χ2n) is 29.0. The first kappa shape index (κ1) is 100. The minimum atomic E-state index is -1.96. The second-order valence-corrected chi connectivity index (χ2v) is 29.7. The van der Waals surface area contributed by atoms with E-state index in [1.807, 2.05) is 13.8 Å². The monoisotopic (exact) mass is 1680 g/mol. The van der Waals surface area contributed by atoms with Gasteiger partial charge in [0.25, 0.3) is 0 Å². The van der Waals surface area contributed by atoms with Crippen LogP contribution in [0.2, 0.25) is 0 Å².